The summed E-state index contributed by atoms with van der Waals surface area (Å²) in [6, 6.07) is 0.0140. The molecule has 0 aromatic rings. The standard InChI is InChI=1S/C20H31N3O3/c1-6-12-26-15(5)18(13(2)3)23-19(21)14(4)20(25)22-16-8-7-9-17(24)11-10-16/h6,12,16-17,24H,4-5,7-11H2,1-3H3,(H2,21,23)(H,22,25)/b12-6-. The number of carbonyl (C=O) groups excluding carboxylic acids is 1. The zero-order chi connectivity index (χ0) is 19.7. The SMILES string of the molecule is C=C(O/C=C\C)C(N=C(N)C(=C)C(=O)NC1CCCC(O)CC1)=C(C)C. The van der Waals surface area contributed by atoms with E-state index in [1.807, 2.05) is 20.8 Å². The van der Waals surface area contributed by atoms with Gasteiger partial charge in [-0.15, -0.1) is 0 Å². The van der Waals surface area contributed by atoms with Crippen molar-refractivity contribution in [3.05, 3.63) is 48.1 Å². The summed E-state index contributed by atoms with van der Waals surface area (Å²) < 4.78 is 5.35. The van der Waals surface area contributed by atoms with Gasteiger partial charge in [0.1, 0.15) is 17.3 Å². The number of hydrogen-bond donors (Lipinski definition) is 3. The highest BCUT2D eigenvalue weighted by Gasteiger charge is 2.21. The number of nitrogens with two attached hydrogens (primary N) is 1. The second kappa shape index (κ2) is 10.6. The largest absolute Gasteiger partial charge is 0.464 e. The number of amides is 1. The van der Waals surface area contributed by atoms with Gasteiger partial charge in [0.25, 0.3) is 5.91 Å². The van der Waals surface area contributed by atoms with Crippen molar-refractivity contribution in [3.8, 4) is 0 Å². The average molecular weight is 361 g/mol. The summed E-state index contributed by atoms with van der Waals surface area (Å²) in [6.45, 7) is 13.1. The first-order valence-corrected chi connectivity index (χ1v) is 8.93. The fraction of sp³-hybridized carbons (Fsp3) is 0.500. The molecule has 0 aromatic carbocycles. The molecular weight excluding hydrogens is 330 g/mol. The van der Waals surface area contributed by atoms with E-state index in [-0.39, 0.29) is 29.5 Å². The quantitative estimate of drug-likeness (QED) is 0.162. The van der Waals surface area contributed by atoms with E-state index < -0.39 is 0 Å². The van der Waals surface area contributed by atoms with E-state index >= 15 is 0 Å². The fourth-order valence-corrected chi connectivity index (χ4v) is 2.66. The maximum atomic E-state index is 12.4. The Morgan fingerprint density at radius 1 is 1.27 bits per heavy atom. The number of nitrogens with one attached hydrogen (secondary N) is 1. The number of aliphatic hydroxyl groups is 1. The highest BCUT2D eigenvalue weighted by Crippen LogP contribution is 2.19. The van der Waals surface area contributed by atoms with Gasteiger partial charge in [0, 0.05) is 6.04 Å². The van der Waals surface area contributed by atoms with Gasteiger partial charge >= 0.3 is 0 Å². The molecule has 0 aromatic heterocycles. The number of ether oxygens (including phenoxy) is 1. The van der Waals surface area contributed by atoms with Gasteiger partial charge in [0.05, 0.1) is 17.9 Å². The number of carbonyl (C=O) groups is 1. The van der Waals surface area contributed by atoms with Gasteiger partial charge in [0.2, 0.25) is 0 Å². The Balaban J connectivity index is 2.79. The van der Waals surface area contributed by atoms with Crippen molar-refractivity contribution >= 4 is 11.7 Å². The van der Waals surface area contributed by atoms with Crippen LogP contribution in [0.25, 0.3) is 0 Å². The van der Waals surface area contributed by atoms with Gasteiger partial charge in [-0.05, 0) is 58.4 Å². The normalized spacial score (nSPS) is 21.0. The Labute approximate surface area is 156 Å². The molecule has 26 heavy (non-hydrogen) atoms. The zero-order valence-corrected chi connectivity index (χ0v) is 16.0. The van der Waals surface area contributed by atoms with Crippen LogP contribution in [-0.4, -0.2) is 29.0 Å². The van der Waals surface area contributed by atoms with E-state index in [1.165, 1.54) is 6.26 Å². The summed E-state index contributed by atoms with van der Waals surface area (Å²) >= 11 is 0. The van der Waals surface area contributed by atoms with Crippen molar-refractivity contribution < 1.29 is 14.6 Å². The van der Waals surface area contributed by atoms with Crippen LogP contribution in [0.3, 0.4) is 0 Å². The highest BCUT2D eigenvalue weighted by molar-refractivity contribution is 6.19. The molecule has 0 heterocycles. The predicted octanol–water partition coefficient (Wildman–Crippen LogP) is 3.07. The van der Waals surface area contributed by atoms with Crippen LogP contribution in [0.2, 0.25) is 0 Å². The molecule has 1 aliphatic carbocycles. The molecule has 2 unspecified atom stereocenters. The Morgan fingerprint density at radius 3 is 2.58 bits per heavy atom. The number of hydrogen-bond acceptors (Lipinski definition) is 4. The lowest BCUT2D eigenvalue weighted by Crippen LogP contribution is -2.38. The Bertz CT molecular complexity index is 628. The van der Waals surface area contributed by atoms with Gasteiger partial charge in [-0.25, -0.2) is 4.99 Å². The van der Waals surface area contributed by atoms with Crippen molar-refractivity contribution in [2.24, 2.45) is 10.7 Å². The molecule has 4 N–H and O–H groups in total. The average Bonchev–Trinajstić information content (AvgIpc) is 2.80. The molecule has 0 bridgehead atoms. The van der Waals surface area contributed by atoms with Crippen LogP contribution in [0.15, 0.2) is 53.1 Å². The molecule has 2 atom stereocenters. The molecule has 0 radical (unpaired) electrons. The van der Waals surface area contributed by atoms with Gasteiger partial charge in [-0.3, -0.25) is 4.79 Å². The number of nitrogens with zero attached hydrogens (tertiary/aromatic N) is 1. The third-order valence-electron chi connectivity index (χ3n) is 4.17. The van der Waals surface area contributed by atoms with Crippen LogP contribution < -0.4 is 11.1 Å². The second-order valence-corrected chi connectivity index (χ2v) is 6.67. The van der Waals surface area contributed by atoms with Gasteiger partial charge in [0.15, 0.2) is 0 Å². The number of aliphatic hydroxyl groups excluding tert-OH is 1. The fourth-order valence-electron chi connectivity index (χ4n) is 2.66. The Morgan fingerprint density at radius 2 is 1.96 bits per heavy atom. The number of amidine groups is 1. The van der Waals surface area contributed by atoms with Crippen LogP contribution in [0.1, 0.15) is 52.9 Å². The van der Waals surface area contributed by atoms with Gasteiger partial charge in [-0.1, -0.05) is 19.2 Å². The third kappa shape index (κ3) is 6.88. The van der Waals surface area contributed by atoms with Crippen LogP contribution in [0, 0.1) is 0 Å². The molecule has 0 saturated heterocycles. The molecule has 1 saturated carbocycles. The van der Waals surface area contributed by atoms with E-state index in [2.05, 4.69) is 23.5 Å². The molecule has 1 rings (SSSR count). The lowest BCUT2D eigenvalue weighted by molar-refractivity contribution is -0.117. The van der Waals surface area contributed by atoms with Gasteiger partial charge < -0.3 is 20.9 Å². The van der Waals surface area contributed by atoms with E-state index in [0.29, 0.717) is 17.9 Å². The predicted molar refractivity (Wildman–Crippen MR) is 105 cm³/mol. The van der Waals surface area contributed by atoms with E-state index in [4.69, 9.17) is 10.5 Å². The summed E-state index contributed by atoms with van der Waals surface area (Å²) in [6.07, 6.45) is 6.86. The zero-order valence-electron chi connectivity index (χ0n) is 16.0. The van der Waals surface area contributed by atoms with Gasteiger partial charge in [-0.2, -0.15) is 0 Å². The van der Waals surface area contributed by atoms with E-state index in [0.717, 1.165) is 31.3 Å². The Kier molecular flexibility index (Phi) is 8.85. The topological polar surface area (TPSA) is 96.9 Å². The molecule has 1 fully saturated rings. The van der Waals surface area contributed by atoms with Crippen LogP contribution in [-0.2, 0) is 9.53 Å². The molecule has 1 aliphatic rings. The summed E-state index contributed by atoms with van der Waals surface area (Å²) in [5.74, 6) is 0.0235. The summed E-state index contributed by atoms with van der Waals surface area (Å²) in [5.41, 5.74) is 7.42. The van der Waals surface area contributed by atoms with Crippen molar-refractivity contribution in [1.82, 2.24) is 5.32 Å². The lowest BCUT2D eigenvalue weighted by Gasteiger charge is -2.17. The van der Waals surface area contributed by atoms with Crippen LogP contribution in [0.4, 0.5) is 0 Å². The molecule has 1 amide bonds. The minimum absolute atomic E-state index is 0.0140. The first-order valence-electron chi connectivity index (χ1n) is 8.93. The van der Waals surface area contributed by atoms with Crippen molar-refractivity contribution in [2.45, 2.75) is 65.0 Å². The first-order chi connectivity index (χ1) is 12.3. The molecule has 6 nitrogen and oxygen atoms in total. The number of aliphatic imine (C=N–C) groups is 1. The molecular formula is C20H31N3O3. The molecule has 6 heteroatoms. The third-order valence-corrected chi connectivity index (χ3v) is 4.17. The monoisotopic (exact) mass is 361 g/mol. The van der Waals surface area contributed by atoms with Crippen molar-refractivity contribution in [1.29, 1.82) is 0 Å². The summed E-state index contributed by atoms with van der Waals surface area (Å²) in [5, 5.41) is 12.6. The number of rotatable bonds is 7. The second-order valence-electron chi connectivity index (χ2n) is 6.67. The first kappa shape index (κ1) is 21.7. The van der Waals surface area contributed by atoms with E-state index in [9.17, 15) is 9.90 Å². The van der Waals surface area contributed by atoms with Crippen LogP contribution >= 0.6 is 0 Å². The minimum Gasteiger partial charge on any atom is -0.464 e. The maximum Gasteiger partial charge on any atom is 0.254 e. The highest BCUT2D eigenvalue weighted by atomic mass is 16.5. The molecule has 0 aliphatic heterocycles. The maximum absolute atomic E-state index is 12.4. The Hall–Kier alpha value is -2.34. The number of allylic oxidation sites excluding steroid dienone is 2. The smallest absolute Gasteiger partial charge is 0.254 e. The lowest BCUT2D eigenvalue weighted by atomic mass is 10.1. The summed E-state index contributed by atoms with van der Waals surface area (Å²) in [4.78, 5) is 16.7. The van der Waals surface area contributed by atoms with Crippen LogP contribution in [0.5, 0.6) is 0 Å². The van der Waals surface area contributed by atoms with E-state index in [1.54, 1.807) is 6.08 Å². The van der Waals surface area contributed by atoms with Crippen molar-refractivity contribution in [3.63, 3.8) is 0 Å². The molecule has 144 valence electrons. The summed E-state index contributed by atoms with van der Waals surface area (Å²) in [7, 11) is 0. The molecule has 0 spiro atoms. The van der Waals surface area contributed by atoms with Crippen molar-refractivity contribution in [2.75, 3.05) is 0 Å². The minimum atomic E-state index is -0.347.